The first-order chi connectivity index (χ1) is 15.9. The van der Waals surface area contributed by atoms with Crippen LogP contribution in [0.1, 0.15) is 44.3 Å². The zero-order valence-corrected chi connectivity index (χ0v) is 20.2. The molecule has 2 aromatic rings. The highest BCUT2D eigenvalue weighted by Crippen LogP contribution is 2.15. The Bertz CT molecular complexity index is 989. The molecule has 1 amide bonds. The van der Waals surface area contributed by atoms with Crippen LogP contribution in [0.3, 0.4) is 0 Å². The Labute approximate surface area is 199 Å². The minimum Gasteiger partial charge on any atom is -0.480 e. The van der Waals surface area contributed by atoms with Crippen LogP contribution in [0.2, 0.25) is 0 Å². The van der Waals surface area contributed by atoms with Gasteiger partial charge in [0.2, 0.25) is 0 Å². The molecular formula is C24H32N4O6. The summed E-state index contributed by atoms with van der Waals surface area (Å²) in [6.07, 6.45) is -0.616. The molecule has 2 rings (SSSR count). The van der Waals surface area contributed by atoms with Crippen molar-refractivity contribution in [3.05, 3.63) is 53.5 Å². The van der Waals surface area contributed by atoms with Gasteiger partial charge in [-0.2, -0.15) is 0 Å². The minimum absolute atomic E-state index is 0.0200. The molecule has 0 aliphatic carbocycles. The molecule has 34 heavy (non-hydrogen) atoms. The average Bonchev–Trinajstić information content (AvgIpc) is 2.75. The monoisotopic (exact) mass is 472 g/mol. The summed E-state index contributed by atoms with van der Waals surface area (Å²) in [5.41, 5.74) is 0.601. The topological polar surface area (TPSA) is 131 Å². The lowest BCUT2D eigenvalue weighted by Crippen LogP contribution is -2.42. The summed E-state index contributed by atoms with van der Waals surface area (Å²) in [4.78, 5) is 46.6. The van der Waals surface area contributed by atoms with Crippen LogP contribution in [0.25, 0.3) is 0 Å². The number of hydrogen-bond acceptors (Lipinski definition) is 8. The molecule has 1 aromatic carbocycles. The Balaban J connectivity index is 2.07. The fourth-order valence-electron chi connectivity index (χ4n) is 2.90. The van der Waals surface area contributed by atoms with Crippen molar-refractivity contribution in [1.29, 1.82) is 0 Å². The number of nitrogens with one attached hydrogen (secondary N) is 1. The van der Waals surface area contributed by atoms with E-state index >= 15 is 0 Å². The van der Waals surface area contributed by atoms with E-state index in [4.69, 9.17) is 9.47 Å². The summed E-state index contributed by atoms with van der Waals surface area (Å²) in [6.45, 7) is 5.38. The van der Waals surface area contributed by atoms with E-state index < -0.39 is 23.7 Å². The smallest absolute Gasteiger partial charge is 0.408 e. The molecule has 0 unspecified atom stereocenters. The predicted molar refractivity (Wildman–Crippen MR) is 125 cm³/mol. The summed E-state index contributed by atoms with van der Waals surface area (Å²) in [5, 5.41) is 12.0. The van der Waals surface area contributed by atoms with Gasteiger partial charge in [0.05, 0.1) is 6.42 Å². The van der Waals surface area contributed by atoms with Gasteiger partial charge in [0.15, 0.2) is 0 Å². The maximum absolute atomic E-state index is 12.2. The molecule has 1 aromatic heterocycles. The van der Waals surface area contributed by atoms with E-state index in [1.165, 1.54) is 0 Å². The van der Waals surface area contributed by atoms with Crippen molar-refractivity contribution in [2.24, 2.45) is 0 Å². The molecule has 0 fully saturated rings. The molecule has 0 saturated carbocycles. The van der Waals surface area contributed by atoms with Crippen LogP contribution >= 0.6 is 0 Å². The van der Waals surface area contributed by atoms with E-state index in [0.29, 0.717) is 17.3 Å². The maximum atomic E-state index is 12.2. The lowest BCUT2D eigenvalue weighted by molar-refractivity contribution is -0.154. The second kappa shape index (κ2) is 12.0. The van der Waals surface area contributed by atoms with Crippen molar-refractivity contribution in [2.75, 3.05) is 19.0 Å². The highest BCUT2D eigenvalue weighted by atomic mass is 16.6. The third kappa shape index (κ3) is 9.43. The minimum atomic E-state index is -1.26. The van der Waals surface area contributed by atoms with E-state index in [2.05, 4.69) is 15.3 Å². The van der Waals surface area contributed by atoms with Crippen molar-refractivity contribution in [2.45, 2.75) is 58.3 Å². The van der Waals surface area contributed by atoms with Crippen LogP contribution in [0.15, 0.2) is 36.4 Å². The van der Waals surface area contributed by atoms with Gasteiger partial charge in [-0.05, 0) is 26.3 Å². The number of hydrogen-bond donors (Lipinski definition) is 2. The first kappa shape index (κ1) is 26.6. The van der Waals surface area contributed by atoms with Crippen LogP contribution in [-0.4, -0.2) is 58.8 Å². The number of carboxylic acids is 1. The third-order valence-corrected chi connectivity index (χ3v) is 4.46. The Morgan fingerprint density at radius 3 is 2.38 bits per heavy atom. The van der Waals surface area contributed by atoms with Gasteiger partial charge in [-0.25, -0.2) is 19.6 Å². The maximum Gasteiger partial charge on any atom is 0.408 e. The molecular weight excluding hydrogens is 440 g/mol. The largest absolute Gasteiger partial charge is 0.480 e. The first-order valence-electron chi connectivity index (χ1n) is 10.9. The van der Waals surface area contributed by atoms with Gasteiger partial charge in [0.25, 0.3) is 0 Å². The molecule has 2 N–H and O–H groups in total. The van der Waals surface area contributed by atoms with Crippen molar-refractivity contribution in [3.63, 3.8) is 0 Å². The second-order valence-corrected chi connectivity index (χ2v) is 8.92. The first-order valence-corrected chi connectivity index (χ1v) is 10.9. The van der Waals surface area contributed by atoms with Gasteiger partial charge >= 0.3 is 18.0 Å². The number of benzene rings is 1. The standard InChI is InChI=1S/C24H32N4O6/c1-24(2,3)34-21(29)12-11-19-25-17(14-20(27-19)28(4)5)13-18(22(30)31)26-23(32)33-15-16-9-7-6-8-10-16/h6-10,14,18H,11-13,15H2,1-5H3,(H,26,32)(H,30,31)/t18-/m0/s1. The average molecular weight is 473 g/mol. The van der Waals surface area contributed by atoms with Gasteiger partial charge in [-0.1, -0.05) is 30.3 Å². The van der Waals surface area contributed by atoms with Gasteiger partial charge < -0.3 is 24.8 Å². The molecule has 1 heterocycles. The van der Waals surface area contributed by atoms with E-state index in [0.717, 1.165) is 5.56 Å². The number of nitrogens with zero attached hydrogens (tertiary/aromatic N) is 3. The van der Waals surface area contributed by atoms with Crippen LogP contribution in [0.5, 0.6) is 0 Å². The summed E-state index contributed by atoms with van der Waals surface area (Å²) >= 11 is 0. The second-order valence-electron chi connectivity index (χ2n) is 8.92. The van der Waals surface area contributed by atoms with Crippen LogP contribution in [0.4, 0.5) is 10.6 Å². The van der Waals surface area contributed by atoms with Crippen LogP contribution < -0.4 is 10.2 Å². The Kier molecular flexibility index (Phi) is 9.35. The highest BCUT2D eigenvalue weighted by Gasteiger charge is 2.23. The summed E-state index contributed by atoms with van der Waals surface area (Å²) in [5.74, 6) is -0.668. The van der Waals surface area contributed by atoms with Crippen molar-refractivity contribution >= 4 is 23.8 Å². The van der Waals surface area contributed by atoms with Crippen molar-refractivity contribution in [1.82, 2.24) is 15.3 Å². The number of anilines is 1. The number of ether oxygens (including phenoxy) is 2. The van der Waals surface area contributed by atoms with Crippen molar-refractivity contribution < 1.29 is 29.0 Å². The molecule has 0 aliphatic rings. The lowest BCUT2D eigenvalue weighted by Gasteiger charge is -2.20. The Morgan fingerprint density at radius 1 is 1.12 bits per heavy atom. The molecule has 184 valence electrons. The number of aromatic nitrogens is 2. The fraction of sp³-hybridized carbons (Fsp3) is 0.458. The molecule has 0 bridgehead atoms. The highest BCUT2D eigenvalue weighted by molar-refractivity contribution is 5.80. The van der Waals surface area contributed by atoms with Crippen LogP contribution in [0, 0.1) is 0 Å². The number of carboxylic acid groups (broad SMARTS) is 1. The predicted octanol–water partition coefficient (Wildman–Crippen LogP) is 2.74. The van der Waals surface area contributed by atoms with Gasteiger partial charge in [0.1, 0.15) is 29.9 Å². The molecule has 0 saturated heterocycles. The molecule has 0 aliphatic heterocycles. The Hall–Kier alpha value is -3.69. The number of amides is 1. The van der Waals surface area contributed by atoms with Crippen LogP contribution in [-0.2, 0) is 38.5 Å². The number of aryl methyl sites for hydroxylation is 1. The lowest BCUT2D eigenvalue weighted by atomic mass is 10.1. The molecule has 0 spiro atoms. The number of carbonyl (C=O) groups is 3. The van der Waals surface area contributed by atoms with Gasteiger partial charge in [0, 0.05) is 38.7 Å². The number of rotatable bonds is 10. The van der Waals surface area contributed by atoms with Gasteiger partial charge in [-0.3, -0.25) is 4.79 Å². The molecule has 10 nitrogen and oxygen atoms in total. The zero-order valence-electron chi connectivity index (χ0n) is 20.2. The third-order valence-electron chi connectivity index (χ3n) is 4.46. The SMILES string of the molecule is CN(C)c1cc(C[C@H](NC(=O)OCc2ccccc2)C(=O)O)nc(CCC(=O)OC(C)(C)C)n1. The quantitative estimate of drug-likeness (QED) is 0.501. The van der Waals surface area contributed by atoms with E-state index in [-0.39, 0.29) is 31.8 Å². The number of carbonyl (C=O) groups excluding carboxylic acids is 2. The number of esters is 1. The molecule has 10 heteroatoms. The summed E-state index contributed by atoms with van der Waals surface area (Å²) in [7, 11) is 3.58. The summed E-state index contributed by atoms with van der Waals surface area (Å²) in [6, 6.07) is 9.45. The van der Waals surface area contributed by atoms with E-state index in [1.807, 2.05) is 18.2 Å². The fourth-order valence-corrected chi connectivity index (χ4v) is 2.90. The molecule has 1 atom stereocenters. The number of aliphatic carboxylic acids is 1. The molecule has 0 radical (unpaired) electrons. The summed E-state index contributed by atoms with van der Waals surface area (Å²) < 4.78 is 10.4. The van der Waals surface area contributed by atoms with E-state index in [9.17, 15) is 19.5 Å². The normalized spacial score (nSPS) is 11.9. The van der Waals surface area contributed by atoms with E-state index in [1.54, 1.807) is 58.0 Å². The zero-order chi connectivity index (χ0) is 25.3. The van der Waals surface area contributed by atoms with Crippen molar-refractivity contribution in [3.8, 4) is 0 Å². The Morgan fingerprint density at radius 2 is 1.79 bits per heavy atom. The number of alkyl carbamates (subject to hydrolysis) is 1. The van der Waals surface area contributed by atoms with Gasteiger partial charge in [-0.15, -0.1) is 0 Å².